The summed E-state index contributed by atoms with van der Waals surface area (Å²) in [5.74, 6) is -0.801. The number of esters is 2. The molecular formula is C59H111NO8P+. The summed E-state index contributed by atoms with van der Waals surface area (Å²) in [5.41, 5.74) is 0. The Labute approximate surface area is 426 Å². The molecule has 0 heterocycles. The molecular weight excluding hydrogens is 882 g/mol. The first kappa shape index (κ1) is 67.0. The topological polar surface area (TPSA) is 108 Å². The van der Waals surface area contributed by atoms with Crippen LogP contribution < -0.4 is 0 Å². The zero-order valence-electron chi connectivity index (χ0n) is 45.8. The largest absolute Gasteiger partial charge is 0.472 e. The molecule has 0 aromatic heterocycles. The van der Waals surface area contributed by atoms with Crippen LogP contribution in [0.1, 0.15) is 264 Å². The van der Waals surface area contributed by atoms with Crippen LogP contribution in [0.25, 0.3) is 0 Å². The van der Waals surface area contributed by atoms with E-state index in [2.05, 4.69) is 62.5 Å². The van der Waals surface area contributed by atoms with E-state index in [1.54, 1.807) is 0 Å². The molecule has 10 heteroatoms. The van der Waals surface area contributed by atoms with Gasteiger partial charge in [0, 0.05) is 12.8 Å². The van der Waals surface area contributed by atoms with E-state index in [1.165, 1.54) is 167 Å². The van der Waals surface area contributed by atoms with E-state index in [0.717, 1.165) is 64.2 Å². The molecule has 2 unspecified atom stereocenters. The third-order valence-corrected chi connectivity index (χ3v) is 13.6. The number of likely N-dealkylation sites (N-methyl/N-ethyl adjacent to an activating group) is 1. The molecule has 0 spiro atoms. The van der Waals surface area contributed by atoms with Gasteiger partial charge in [-0.25, -0.2) is 4.57 Å². The maximum Gasteiger partial charge on any atom is 0.472 e. The SMILES string of the molecule is CCCCC/C=C\CCCCCCCC(=O)OCC(COP(=O)(O)OCC[N+](C)(C)C)OC(=O)CCCCCCCCCCCCCCCCCCCC/C=C\C/C=C\C/C=C\CCCCCCC. The fourth-order valence-corrected chi connectivity index (χ4v) is 8.82. The van der Waals surface area contributed by atoms with Crippen molar-refractivity contribution in [2.24, 2.45) is 0 Å². The summed E-state index contributed by atoms with van der Waals surface area (Å²) in [6.07, 6.45) is 63.4. The van der Waals surface area contributed by atoms with Gasteiger partial charge < -0.3 is 18.9 Å². The molecule has 2 atom stereocenters. The molecule has 0 saturated carbocycles. The number of carbonyl (C=O) groups excluding carboxylic acids is 2. The normalized spacial score (nSPS) is 13.7. The Morgan fingerprint density at radius 2 is 0.783 bits per heavy atom. The number of nitrogens with zero attached hydrogens (tertiary/aromatic N) is 1. The summed E-state index contributed by atoms with van der Waals surface area (Å²) in [6, 6.07) is 0. The number of hydrogen-bond acceptors (Lipinski definition) is 7. The molecule has 0 fully saturated rings. The zero-order valence-corrected chi connectivity index (χ0v) is 46.7. The van der Waals surface area contributed by atoms with Crippen LogP contribution in [-0.4, -0.2) is 74.9 Å². The highest BCUT2D eigenvalue weighted by Gasteiger charge is 2.27. The number of unbranched alkanes of at least 4 members (excludes halogenated alkanes) is 31. The van der Waals surface area contributed by atoms with Gasteiger partial charge in [0.1, 0.15) is 19.8 Å². The lowest BCUT2D eigenvalue weighted by Crippen LogP contribution is -2.37. The Hall–Kier alpha value is -2.03. The molecule has 0 bridgehead atoms. The van der Waals surface area contributed by atoms with Gasteiger partial charge in [-0.2, -0.15) is 0 Å². The van der Waals surface area contributed by atoms with Gasteiger partial charge in [0.15, 0.2) is 6.10 Å². The van der Waals surface area contributed by atoms with Crippen LogP contribution >= 0.6 is 7.82 Å². The fourth-order valence-electron chi connectivity index (χ4n) is 8.08. The predicted molar refractivity (Wildman–Crippen MR) is 293 cm³/mol. The van der Waals surface area contributed by atoms with Gasteiger partial charge in [0.2, 0.25) is 0 Å². The molecule has 69 heavy (non-hydrogen) atoms. The highest BCUT2D eigenvalue weighted by atomic mass is 31.2. The first-order chi connectivity index (χ1) is 33.5. The summed E-state index contributed by atoms with van der Waals surface area (Å²) in [6.45, 7) is 4.40. The van der Waals surface area contributed by atoms with Crippen molar-refractivity contribution in [1.82, 2.24) is 0 Å². The standard InChI is InChI=1S/C59H110NO8P/c1-6-8-10-12-14-16-18-20-21-22-23-24-25-26-27-28-29-30-31-32-33-34-35-36-37-38-39-40-42-44-46-48-50-52-59(62)68-57(56-67-69(63,64)66-54-53-60(3,4)5)55-65-58(61)51-49-47-45-43-41-19-17-15-13-11-9-7-2/h15,17-18,20,22-23,25-26,57H,6-14,16,19,21,24,27-56H2,1-5H3/p+1/b17-15-,20-18-,23-22-,26-25-. The minimum atomic E-state index is -4.38. The summed E-state index contributed by atoms with van der Waals surface area (Å²) in [5, 5.41) is 0. The monoisotopic (exact) mass is 993 g/mol. The molecule has 0 aliphatic rings. The highest BCUT2D eigenvalue weighted by Crippen LogP contribution is 2.43. The van der Waals surface area contributed by atoms with Crippen molar-refractivity contribution in [3.05, 3.63) is 48.6 Å². The number of hydrogen-bond donors (Lipinski definition) is 1. The maximum absolute atomic E-state index is 12.8. The highest BCUT2D eigenvalue weighted by molar-refractivity contribution is 7.47. The summed E-state index contributed by atoms with van der Waals surface area (Å²) < 4.78 is 34.5. The third kappa shape index (κ3) is 55.1. The first-order valence-electron chi connectivity index (χ1n) is 28.9. The summed E-state index contributed by atoms with van der Waals surface area (Å²) in [7, 11) is 1.48. The second-order valence-electron chi connectivity index (χ2n) is 20.7. The van der Waals surface area contributed by atoms with Crippen LogP contribution in [0.15, 0.2) is 48.6 Å². The minimum absolute atomic E-state index is 0.0310. The van der Waals surface area contributed by atoms with E-state index in [-0.39, 0.29) is 32.0 Å². The average Bonchev–Trinajstić information content (AvgIpc) is 3.31. The van der Waals surface area contributed by atoms with Gasteiger partial charge in [0.25, 0.3) is 0 Å². The lowest BCUT2D eigenvalue weighted by atomic mass is 10.0. The van der Waals surface area contributed by atoms with E-state index in [9.17, 15) is 19.0 Å². The Balaban J connectivity index is 4.00. The molecule has 0 aliphatic carbocycles. The first-order valence-corrected chi connectivity index (χ1v) is 30.4. The molecule has 0 rings (SSSR count). The van der Waals surface area contributed by atoms with Crippen LogP contribution in [-0.2, 0) is 32.7 Å². The number of allylic oxidation sites excluding steroid dienone is 8. The molecule has 0 aromatic rings. The van der Waals surface area contributed by atoms with Gasteiger partial charge in [-0.15, -0.1) is 0 Å². The van der Waals surface area contributed by atoms with Gasteiger partial charge in [-0.3, -0.25) is 18.6 Å². The zero-order chi connectivity index (χ0) is 50.6. The van der Waals surface area contributed by atoms with Crippen molar-refractivity contribution in [3.8, 4) is 0 Å². The number of phosphoric ester groups is 1. The lowest BCUT2D eigenvalue weighted by molar-refractivity contribution is -0.870. The van der Waals surface area contributed by atoms with Crippen LogP contribution in [0.4, 0.5) is 0 Å². The quantitative estimate of drug-likeness (QED) is 0.0211. The lowest BCUT2D eigenvalue weighted by Gasteiger charge is -2.24. The smallest absolute Gasteiger partial charge is 0.462 e. The van der Waals surface area contributed by atoms with Crippen LogP contribution in [0.5, 0.6) is 0 Å². The molecule has 1 N–H and O–H groups in total. The van der Waals surface area contributed by atoms with E-state index < -0.39 is 26.5 Å². The van der Waals surface area contributed by atoms with Crippen molar-refractivity contribution < 1.29 is 42.1 Å². The summed E-state index contributed by atoms with van der Waals surface area (Å²) >= 11 is 0. The van der Waals surface area contributed by atoms with Crippen molar-refractivity contribution in [3.63, 3.8) is 0 Å². The average molecular weight is 994 g/mol. The van der Waals surface area contributed by atoms with Crippen molar-refractivity contribution in [1.29, 1.82) is 0 Å². The minimum Gasteiger partial charge on any atom is -0.462 e. The fraction of sp³-hybridized carbons (Fsp3) is 0.831. The molecule has 9 nitrogen and oxygen atoms in total. The molecule has 0 amide bonds. The second-order valence-corrected chi connectivity index (χ2v) is 22.1. The van der Waals surface area contributed by atoms with Gasteiger partial charge in [-0.1, -0.05) is 223 Å². The third-order valence-electron chi connectivity index (χ3n) is 12.6. The Bertz CT molecular complexity index is 1310. The Kier molecular flexibility index (Phi) is 49.4. The molecule has 0 aliphatic heterocycles. The van der Waals surface area contributed by atoms with Crippen molar-refractivity contribution >= 4 is 19.8 Å². The van der Waals surface area contributed by atoms with Crippen molar-refractivity contribution in [2.75, 3.05) is 47.5 Å². The second kappa shape index (κ2) is 50.9. The number of rotatable bonds is 53. The molecule has 404 valence electrons. The van der Waals surface area contributed by atoms with E-state index in [1.807, 2.05) is 21.1 Å². The van der Waals surface area contributed by atoms with Crippen molar-refractivity contribution in [2.45, 2.75) is 270 Å². The van der Waals surface area contributed by atoms with Crippen LogP contribution in [0.3, 0.4) is 0 Å². The van der Waals surface area contributed by atoms with Gasteiger partial charge in [0.05, 0.1) is 27.7 Å². The van der Waals surface area contributed by atoms with Crippen LogP contribution in [0, 0.1) is 0 Å². The molecule has 0 saturated heterocycles. The predicted octanol–water partition coefficient (Wildman–Crippen LogP) is 17.8. The van der Waals surface area contributed by atoms with E-state index in [4.69, 9.17) is 18.5 Å². The number of carbonyl (C=O) groups is 2. The van der Waals surface area contributed by atoms with E-state index in [0.29, 0.717) is 17.4 Å². The van der Waals surface area contributed by atoms with E-state index >= 15 is 0 Å². The Morgan fingerprint density at radius 1 is 0.449 bits per heavy atom. The summed E-state index contributed by atoms with van der Waals surface area (Å²) in [4.78, 5) is 35.5. The number of quaternary nitrogens is 1. The van der Waals surface area contributed by atoms with Crippen LogP contribution in [0.2, 0.25) is 0 Å². The van der Waals surface area contributed by atoms with Gasteiger partial charge in [-0.05, 0) is 77.0 Å². The van der Waals surface area contributed by atoms with Gasteiger partial charge >= 0.3 is 19.8 Å². The number of ether oxygens (including phenoxy) is 2. The molecule has 0 aromatic carbocycles. The maximum atomic E-state index is 12.8. The Morgan fingerprint density at radius 3 is 1.20 bits per heavy atom. The molecule has 0 radical (unpaired) electrons. The number of phosphoric acid groups is 1.